The lowest BCUT2D eigenvalue weighted by atomic mass is 9.81. The molecular weight excluding hydrogens is 269 g/mol. The molecule has 1 aromatic rings. The Morgan fingerprint density at radius 3 is 3.05 bits per heavy atom. The summed E-state index contributed by atoms with van der Waals surface area (Å²) in [5.74, 6) is 1.01. The molecule has 0 saturated carbocycles. The number of aliphatic hydroxyl groups excluding tert-OH is 1. The maximum absolute atomic E-state index is 12.6. The second kappa shape index (κ2) is 6.32. The number of rotatable bonds is 4. The summed E-state index contributed by atoms with van der Waals surface area (Å²) in [5, 5.41) is 10.3. The first-order chi connectivity index (χ1) is 10.2. The van der Waals surface area contributed by atoms with Crippen molar-refractivity contribution in [2.45, 2.75) is 38.3 Å². The maximum atomic E-state index is 12.6. The number of fused-ring (bicyclic) bond motifs is 3. The quantitative estimate of drug-likeness (QED) is 0.926. The first-order valence-corrected chi connectivity index (χ1v) is 7.96. The number of alkyl halides is 1. The minimum atomic E-state index is -0.389. The van der Waals surface area contributed by atoms with E-state index in [-0.39, 0.29) is 24.7 Å². The molecule has 0 aliphatic carbocycles. The number of ether oxygens (including phenoxy) is 1. The Kier molecular flexibility index (Phi) is 4.45. The van der Waals surface area contributed by atoms with Crippen LogP contribution in [0.3, 0.4) is 0 Å². The molecule has 2 aliphatic heterocycles. The lowest BCUT2D eigenvalue weighted by molar-refractivity contribution is -0.0169. The van der Waals surface area contributed by atoms with Crippen molar-refractivity contribution in [3.63, 3.8) is 0 Å². The molecule has 2 heterocycles. The van der Waals surface area contributed by atoms with Gasteiger partial charge in [-0.15, -0.1) is 0 Å². The molecule has 2 aliphatic rings. The summed E-state index contributed by atoms with van der Waals surface area (Å²) in [5.41, 5.74) is 2.64. The number of hydrogen-bond acceptors (Lipinski definition) is 3. The third-order valence-corrected chi connectivity index (χ3v) is 4.85. The van der Waals surface area contributed by atoms with Crippen LogP contribution in [0.15, 0.2) is 18.2 Å². The van der Waals surface area contributed by atoms with Crippen molar-refractivity contribution in [1.29, 1.82) is 0 Å². The van der Waals surface area contributed by atoms with Crippen LogP contribution in [0.4, 0.5) is 4.39 Å². The average Bonchev–Trinajstić information content (AvgIpc) is 2.48. The first kappa shape index (κ1) is 14.8. The number of nitrogens with zero attached hydrogens (tertiary/aromatic N) is 1. The zero-order chi connectivity index (χ0) is 14.8. The van der Waals surface area contributed by atoms with Gasteiger partial charge in [0.25, 0.3) is 0 Å². The van der Waals surface area contributed by atoms with Crippen LogP contribution >= 0.6 is 0 Å². The summed E-state index contributed by atoms with van der Waals surface area (Å²) in [6.07, 6.45) is 1.80. The van der Waals surface area contributed by atoms with E-state index in [1.165, 1.54) is 11.1 Å². The Hall–Kier alpha value is -1.13. The molecule has 1 saturated heterocycles. The largest absolute Gasteiger partial charge is 0.494 e. The predicted molar refractivity (Wildman–Crippen MR) is 80.3 cm³/mol. The molecular formula is C17H24FNO2. The van der Waals surface area contributed by atoms with Gasteiger partial charge in [-0.1, -0.05) is 6.07 Å². The highest BCUT2D eigenvalue weighted by Crippen LogP contribution is 2.40. The van der Waals surface area contributed by atoms with E-state index in [9.17, 15) is 9.50 Å². The van der Waals surface area contributed by atoms with E-state index in [1.54, 1.807) is 0 Å². The summed E-state index contributed by atoms with van der Waals surface area (Å²) in [6.45, 7) is 4.13. The van der Waals surface area contributed by atoms with Crippen molar-refractivity contribution < 1.29 is 14.2 Å². The molecule has 1 aromatic carbocycles. The van der Waals surface area contributed by atoms with Crippen LogP contribution in [0, 0.1) is 5.92 Å². The van der Waals surface area contributed by atoms with Crippen LogP contribution in [-0.4, -0.2) is 42.5 Å². The van der Waals surface area contributed by atoms with E-state index in [2.05, 4.69) is 17.0 Å². The van der Waals surface area contributed by atoms with E-state index in [1.807, 2.05) is 13.0 Å². The Balaban J connectivity index is 1.80. The van der Waals surface area contributed by atoms with E-state index in [4.69, 9.17) is 4.74 Å². The number of hydrogen-bond donors (Lipinski definition) is 1. The summed E-state index contributed by atoms with van der Waals surface area (Å²) < 4.78 is 18.2. The van der Waals surface area contributed by atoms with Crippen molar-refractivity contribution >= 4 is 0 Å². The summed E-state index contributed by atoms with van der Waals surface area (Å²) in [6, 6.07) is 6.57. The zero-order valence-electron chi connectivity index (χ0n) is 12.6. The van der Waals surface area contributed by atoms with Crippen molar-refractivity contribution in [2.24, 2.45) is 5.92 Å². The topological polar surface area (TPSA) is 32.7 Å². The molecule has 0 radical (unpaired) electrons. The fourth-order valence-corrected chi connectivity index (χ4v) is 3.76. The standard InChI is InChI=1S/C17H24FNO2/c1-2-21-14-3-4-15-12(9-14)6-8-19-11-13(5-7-18)17(20)10-16(15)19/h3-4,9,13,16-17,20H,2,5-8,10-11H2,1H3/t13-,16-,17+/m1/s1. The lowest BCUT2D eigenvalue weighted by Gasteiger charge is -2.45. The van der Waals surface area contributed by atoms with Gasteiger partial charge >= 0.3 is 0 Å². The van der Waals surface area contributed by atoms with Crippen molar-refractivity contribution in [3.8, 4) is 5.75 Å². The highest BCUT2D eigenvalue weighted by molar-refractivity contribution is 5.39. The van der Waals surface area contributed by atoms with E-state index in [0.717, 1.165) is 25.3 Å². The first-order valence-electron chi connectivity index (χ1n) is 7.96. The van der Waals surface area contributed by atoms with Gasteiger partial charge in [0.15, 0.2) is 0 Å². The molecule has 0 aromatic heterocycles. The van der Waals surface area contributed by atoms with Crippen LogP contribution < -0.4 is 4.74 Å². The Labute approximate surface area is 125 Å². The van der Waals surface area contributed by atoms with Gasteiger partial charge in [-0.2, -0.15) is 0 Å². The molecule has 1 N–H and O–H groups in total. The van der Waals surface area contributed by atoms with E-state index in [0.29, 0.717) is 19.4 Å². The summed E-state index contributed by atoms with van der Waals surface area (Å²) in [4.78, 5) is 2.41. The molecule has 3 atom stereocenters. The fourth-order valence-electron chi connectivity index (χ4n) is 3.76. The minimum Gasteiger partial charge on any atom is -0.494 e. The van der Waals surface area contributed by atoms with Gasteiger partial charge in [-0.3, -0.25) is 9.29 Å². The van der Waals surface area contributed by atoms with Crippen LogP contribution in [-0.2, 0) is 6.42 Å². The average molecular weight is 293 g/mol. The molecule has 1 fully saturated rings. The highest BCUT2D eigenvalue weighted by atomic mass is 19.1. The van der Waals surface area contributed by atoms with Crippen molar-refractivity contribution in [2.75, 3.05) is 26.4 Å². The number of benzene rings is 1. The molecule has 0 unspecified atom stereocenters. The molecule has 0 bridgehead atoms. The molecule has 3 rings (SSSR count). The SMILES string of the molecule is CCOc1ccc2c(c1)CCN1C[C@@H](CCF)[C@@H](O)C[C@H]21. The monoisotopic (exact) mass is 293 g/mol. The molecule has 4 heteroatoms. The van der Waals surface area contributed by atoms with Crippen LogP contribution in [0.25, 0.3) is 0 Å². The molecule has 21 heavy (non-hydrogen) atoms. The second-order valence-corrected chi connectivity index (χ2v) is 6.10. The highest BCUT2D eigenvalue weighted by Gasteiger charge is 2.37. The zero-order valence-corrected chi connectivity index (χ0v) is 12.6. The number of aliphatic hydroxyl groups is 1. The van der Waals surface area contributed by atoms with Crippen molar-refractivity contribution in [1.82, 2.24) is 4.90 Å². The maximum Gasteiger partial charge on any atom is 0.119 e. The number of halogens is 1. The molecule has 0 amide bonds. The van der Waals surface area contributed by atoms with Crippen LogP contribution in [0.2, 0.25) is 0 Å². The summed E-state index contributed by atoms with van der Waals surface area (Å²) in [7, 11) is 0. The smallest absolute Gasteiger partial charge is 0.119 e. The van der Waals surface area contributed by atoms with E-state index >= 15 is 0 Å². The Morgan fingerprint density at radius 1 is 1.43 bits per heavy atom. The molecule has 3 nitrogen and oxygen atoms in total. The third kappa shape index (κ3) is 2.92. The van der Waals surface area contributed by atoms with Crippen LogP contribution in [0.1, 0.15) is 36.9 Å². The second-order valence-electron chi connectivity index (χ2n) is 6.10. The molecule has 0 spiro atoms. The van der Waals surface area contributed by atoms with Gasteiger partial charge in [-0.05, 0) is 49.4 Å². The third-order valence-electron chi connectivity index (χ3n) is 4.85. The normalized spacial score (nSPS) is 28.8. The van der Waals surface area contributed by atoms with Gasteiger partial charge < -0.3 is 9.84 Å². The van der Waals surface area contributed by atoms with Gasteiger partial charge in [0, 0.05) is 25.0 Å². The molecule has 116 valence electrons. The van der Waals surface area contributed by atoms with E-state index < -0.39 is 0 Å². The minimum absolute atomic E-state index is 0.0792. The fraction of sp³-hybridized carbons (Fsp3) is 0.647. The van der Waals surface area contributed by atoms with Gasteiger partial charge in [0.1, 0.15) is 5.75 Å². The van der Waals surface area contributed by atoms with Gasteiger partial charge in [0.2, 0.25) is 0 Å². The Morgan fingerprint density at radius 2 is 2.29 bits per heavy atom. The van der Waals surface area contributed by atoms with Crippen molar-refractivity contribution in [3.05, 3.63) is 29.3 Å². The summed E-state index contributed by atoms with van der Waals surface area (Å²) >= 11 is 0. The lowest BCUT2D eigenvalue weighted by Crippen LogP contribution is -2.48. The van der Waals surface area contributed by atoms with Crippen LogP contribution in [0.5, 0.6) is 5.75 Å². The Bertz CT molecular complexity index is 494. The number of piperidine rings is 1. The van der Waals surface area contributed by atoms with Gasteiger partial charge in [-0.25, -0.2) is 0 Å². The van der Waals surface area contributed by atoms with Gasteiger partial charge in [0.05, 0.1) is 19.4 Å². The predicted octanol–water partition coefficient (Wildman–Crippen LogP) is 2.72.